The Hall–Kier alpha value is -1.26. The smallest absolute Gasteiger partial charge is 0.123 e. The van der Waals surface area contributed by atoms with Crippen LogP contribution in [-0.4, -0.2) is 20.7 Å². The molecule has 332 valence electrons. The Bertz CT molecular complexity index is 1740. The highest BCUT2D eigenvalue weighted by Gasteiger charge is 2.61. The lowest BCUT2D eigenvalue weighted by Crippen LogP contribution is -2.55. The molecule has 0 radical (unpaired) electrons. The summed E-state index contributed by atoms with van der Waals surface area (Å²) in [7, 11) is 0. The highest BCUT2D eigenvalue weighted by molar-refractivity contribution is 8.03. The van der Waals surface area contributed by atoms with Crippen molar-refractivity contribution in [3.8, 4) is 11.5 Å². The van der Waals surface area contributed by atoms with Crippen LogP contribution in [0.2, 0.25) is 0 Å². The van der Waals surface area contributed by atoms with Crippen LogP contribution in [0.15, 0.2) is 24.3 Å². The summed E-state index contributed by atoms with van der Waals surface area (Å²) < 4.78 is 0. The second-order valence-corrected chi connectivity index (χ2v) is 28.2. The maximum Gasteiger partial charge on any atom is 0.123 e. The van der Waals surface area contributed by atoms with E-state index in [0.29, 0.717) is 44.7 Å². The van der Waals surface area contributed by atoms with Gasteiger partial charge in [0.2, 0.25) is 0 Å². The van der Waals surface area contributed by atoms with E-state index in [2.05, 4.69) is 117 Å². The molecule has 0 saturated heterocycles. The zero-order valence-corrected chi connectivity index (χ0v) is 41.4. The van der Waals surface area contributed by atoms with Crippen LogP contribution in [0.1, 0.15) is 218 Å². The molecule has 2 N–H and O–H groups in total. The number of benzene rings is 2. The van der Waals surface area contributed by atoms with Crippen molar-refractivity contribution in [1.29, 1.82) is 0 Å². The van der Waals surface area contributed by atoms with Crippen LogP contribution in [0.3, 0.4) is 0 Å². The van der Waals surface area contributed by atoms with Gasteiger partial charge in [0, 0.05) is 55.1 Å². The van der Waals surface area contributed by atoms with E-state index in [1.54, 1.807) is 0 Å². The first-order valence-electron chi connectivity index (χ1n) is 25.2. The maximum atomic E-state index is 12.5. The van der Waals surface area contributed by atoms with Crippen LogP contribution >= 0.6 is 23.5 Å². The summed E-state index contributed by atoms with van der Waals surface area (Å²) in [6, 6.07) is 9.78. The van der Waals surface area contributed by atoms with Crippen molar-refractivity contribution in [3.63, 3.8) is 0 Å². The third-order valence-corrected chi connectivity index (χ3v) is 22.1. The Morgan fingerprint density at radius 1 is 0.533 bits per heavy atom. The topological polar surface area (TPSA) is 40.5 Å². The van der Waals surface area contributed by atoms with Crippen molar-refractivity contribution in [2.45, 2.75) is 228 Å². The standard InChI is InChI=1S/C56H84O2S2/c1-35(2)53-23-37-17-38(24-53)28-55(27-37,33-53)45-21-43(51(5,6)7)19-41(49(45)57)31-59-47-15-13-11-12-14-16-48(47)60-32-42-20-44(52(8,9)10)22-46(50(42)58)56-29-39-18-40(30-56)26-54(25-39,34-56)36(3)4/h19-22,35-40,47-48,57-58H,11-18,23-34H2,1-10H3. The molecule has 4 heteroatoms. The summed E-state index contributed by atoms with van der Waals surface area (Å²) in [6.45, 7) is 24.2. The fraction of sp³-hybridized carbons (Fsp3) is 0.786. The normalized spacial score (nSPS) is 37.6. The summed E-state index contributed by atoms with van der Waals surface area (Å²) in [5.74, 6) is 7.76. The highest BCUT2D eigenvalue weighted by Crippen LogP contribution is 2.70. The molecule has 0 heterocycles. The average molecular weight is 853 g/mol. The Kier molecular flexibility index (Phi) is 11.5. The van der Waals surface area contributed by atoms with E-state index in [-0.39, 0.29) is 21.7 Å². The molecule has 2 aromatic rings. The van der Waals surface area contributed by atoms with Gasteiger partial charge in [-0.1, -0.05) is 119 Å². The number of rotatable bonds is 10. The Balaban J connectivity index is 0.994. The molecule has 6 atom stereocenters. The predicted octanol–water partition coefficient (Wildman–Crippen LogP) is 15.9. The second kappa shape index (κ2) is 15.7. The van der Waals surface area contributed by atoms with Gasteiger partial charge in [0.05, 0.1) is 0 Å². The van der Waals surface area contributed by atoms with E-state index < -0.39 is 0 Å². The SMILES string of the molecule is CC(C)C12CC3CC(CC(c4cc(C(C)(C)C)cc(CSC5CCCCCCC5SCc5cc(C(C)(C)C)cc(C67CC8CC(C6)CC(C(C)C)(C8)C7)c5O)c4O)(C3)C1)C2. The fourth-order valence-electron chi connectivity index (χ4n) is 16.1. The van der Waals surface area contributed by atoms with E-state index in [4.69, 9.17) is 0 Å². The van der Waals surface area contributed by atoms with E-state index in [1.807, 2.05) is 0 Å². The first kappa shape index (κ1) is 44.0. The molecular formula is C56H84O2S2. The minimum atomic E-state index is 0.0342. The lowest BCUT2D eigenvalue weighted by atomic mass is 9.41. The molecule has 60 heavy (non-hydrogen) atoms. The number of hydrogen-bond acceptors (Lipinski definition) is 4. The molecule has 2 nitrogen and oxygen atoms in total. The van der Waals surface area contributed by atoms with Crippen LogP contribution in [0.5, 0.6) is 11.5 Å². The summed E-state index contributed by atoms with van der Waals surface area (Å²) in [5, 5.41) is 26.2. The van der Waals surface area contributed by atoms with Gasteiger partial charge in [0.25, 0.3) is 0 Å². The minimum Gasteiger partial charge on any atom is -0.507 e. The third-order valence-electron chi connectivity index (χ3n) is 19.0. The molecular weight excluding hydrogens is 769 g/mol. The first-order chi connectivity index (χ1) is 28.2. The van der Waals surface area contributed by atoms with Crippen LogP contribution < -0.4 is 0 Å². The summed E-state index contributed by atoms with van der Waals surface area (Å²) in [5.41, 5.74) is 9.05. The van der Waals surface area contributed by atoms with Crippen molar-refractivity contribution in [2.75, 3.05) is 0 Å². The lowest BCUT2D eigenvalue weighted by molar-refractivity contribution is -0.0968. The van der Waals surface area contributed by atoms with Gasteiger partial charge in [-0.15, -0.1) is 0 Å². The van der Waals surface area contributed by atoms with Gasteiger partial charge in [-0.3, -0.25) is 0 Å². The molecule has 9 fully saturated rings. The molecule has 0 spiro atoms. The largest absolute Gasteiger partial charge is 0.507 e. The van der Waals surface area contributed by atoms with Crippen LogP contribution in [0.4, 0.5) is 0 Å². The van der Waals surface area contributed by atoms with Crippen molar-refractivity contribution >= 4 is 23.5 Å². The first-order valence-corrected chi connectivity index (χ1v) is 27.3. The van der Waals surface area contributed by atoms with Gasteiger partial charge in [-0.2, -0.15) is 23.5 Å². The molecule has 9 saturated carbocycles. The minimum absolute atomic E-state index is 0.0342. The van der Waals surface area contributed by atoms with Gasteiger partial charge in [0.1, 0.15) is 11.5 Å². The van der Waals surface area contributed by atoms with E-state index in [9.17, 15) is 10.2 Å². The summed E-state index contributed by atoms with van der Waals surface area (Å²) in [4.78, 5) is 0. The van der Waals surface area contributed by atoms with Gasteiger partial charge in [0.15, 0.2) is 0 Å². The number of thioether (sulfide) groups is 2. The van der Waals surface area contributed by atoms with Gasteiger partial charge in [-0.25, -0.2) is 0 Å². The maximum absolute atomic E-state index is 12.5. The van der Waals surface area contributed by atoms with Crippen molar-refractivity contribution < 1.29 is 10.2 Å². The van der Waals surface area contributed by atoms with Crippen LogP contribution in [-0.2, 0) is 33.2 Å². The van der Waals surface area contributed by atoms with E-state index in [0.717, 1.165) is 35.2 Å². The van der Waals surface area contributed by atoms with Crippen molar-refractivity contribution in [2.24, 2.45) is 46.3 Å². The molecule has 6 unspecified atom stereocenters. The zero-order chi connectivity index (χ0) is 42.6. The second-order valence-electron chi connectivity index (χ2n) is 25.8. The summed E-state index contributed by atoms with van der Waals surface area (Å²) >= 11 is 4.30. The predicted molar refractivity (Wildman–Crippen MR) is 259 cm³/mol. The van der Waals surface area contributed by atoms with Crippen LogP contribution in [0, 0.1) is 46.3 Å². The van der Waals surface area contributed by atoms with Crippen LogP contribution in [0.25, 0.3) is 0 Å². The van der Waals surface area contributed by atoms with Gasteiger partial charge >= 0.3 is 0 Å². The molecule has 8 bridgehead atoms. The Labute approximate surface area is 375 Å². The fourth-order valence-corrected chi connectivity index (χ4v) is 19.2. The van der Waals surface area contributed by atoms with Crippen molar-refractivity contribution in [3.05, 3.63) is 57.6 Å². The molecule has 9 aliphatic carbocycles. The quantitative estimate of drug-likeness (QED) is 0.250. The Morgan fingerprint density at radius 3 is 1.20 bits per heavy atom. The summed E-state index contributed by atoms with van der Waals surface area (Å²) in [6.07, 6.45) is 23.9. The van der Waals surface area contributed by atoms with Gasteiger partial charge < -0.3 is 10.2 Å². The molecule has 2 aromatic carbocycles. The van der Waals surface area contributed by atoms with E-state index in [1.165, 1.54) is 149 Å². The number of hydrogen-bond donors (Lipinski definition) is 2. The highest BCUT2D eigenvalue weighted by atomic mass is 32.2. The molecule has 0 aliphatic heterocycles. The van der Waals surface area contributed by atoms with Gasteiger partial charge in [-0.05, 0) is 158 Å². The Morgan fingerprint density at radius 2 is 0.883 bits per heavy atom. The number of phenolic OH excluding ortho intramolecular Hbond substituents is 2. The number of phenols is 2. The molecule has 11 rings (SSSR count). The number of aromatic hydroxyl groups is 2. The molecule has 9 aliphatic rings. The zero-order valence-electron chi connectivity index (χ0n) is 39.8. The van der Waals surface area contributed by atoms with Crippen molar-refractivity contribution in [1.82, 2.24) is 0 Å². The van der Waals surface area contributed by atoms with E-state index >= 15 is 0 Å². The monoisotopic (exact) mass is 853 g/mol. The lowest BCUT2D eigenvalue weighted by Gasteiger charge is -2.64. The molecule has 0 aromatic heterocycles. The molecule has 0 amide bonds. The third kappa shape index (κ3) is 7.86. The average Bonchev–Trinajstić information content (AvgIpc) is 3.13.